The van der Waals surface area contributed by atoms with Crippen molar-refractivity contribution in [1.82, 2.24) is 4.90 Å². The molecule has 0 saturated heterocycles. The van der Waals surface area contributed by atoms with Crippen molar-refractivity contribution < 1.29 is 24.2 Å². The predicted octanol–water partition coefficient (Wildman–Crippen LogP) is 1.86. The van der Waals surface area contributed by atoms with E-state index >= 15 is 0 Å². The first kappa shape index (κ1) is 17.0. The third-order valence-corrected chi connectivity index (χ3v) is 4.16. The van der Waals surface area contributed by atoms with Crippen LogP contribution in [0.3, 0.4) is 0 Å². The zero-order valence-corrected chi connectivity index (χ0v) is 13.5. The van der Waals surface area contributed by atoms with Gasteiger partial charge in [0.25, 0.3) is 0 Å². The molecule has 1 atom stereocenters. The van der Waals surface area contributed by atoms with E-state index in [1.807, 2.05) is 13.8 Å². The lowest BCUT2D eigenvalue weighted by Crippen LogP contribution is -2.40. The van der Waals surface area contributed by atoms with Gasteiger partial charge in [0.2, 0.25) is 5.91 Å². The number of carboxylic acids is 1. The first-order valence-electron chi connectivity index (χ1n) is 7.55. The van der Waals surface area contributed by atoms with Crippen molar-refractivity contribution in [2.24, 2.45) is 5.92 Å². The Kier molecular flexibility index (Phi) is 5.03. The van der Waals surface area contributed by atoms with E-state index < -0.39 is 17.9 Å². The Morgan fingerprint density at radius 1 is 1.35 bits per heavy atom. The zero-order chi connectivity index (χ0) is 17.1. The van der Waals surface area contributed by atoms with Gasteiger partial charge in [0.15, 0.2) is 0 Å². The Morgan fingerprint density at radius 3 is 2.61 bits per heavy atom. The molecule has 0 aromatic heterocycles. The van der Waals surface area contributed by atoms with Crippen LogP contribution in [0.25, 0.3) is 0 Å². The summed E-state index contributed by atoms with van der Waals surface area (Å²) in [7, 11) is 1.29. The molecule has 1 aliphatic heterocycles. The minimum atomic E-state index is -1.01. The third kappa shape index (κ3) is 3.70. The van der Waals surface area contributed by atoms with Crippen LogP contribution in [0.15, 0.2) is 18.2 Å². The van der Waals surface area contributed by atoms with Crippen molar-refractivity contribution in [3.63, 3.8) is 0 Å². The summed E-state index contributed by atoms with van der Waals surface area (Å²) in [4.78, 5) is 37.2. The van der Waals surface area contributed by atoms with Gasteiger partial charge in [0, 0.05) is 12.6 Å². The molecular weight excluding hydrogens is 298 g/mol. The Bertz CT molecular complexity index is 638. The van der Waals surface area contributed by atoms with Crippen LogP contribution >= 0.6 is 0 Å². The molecule has 0 spiro atoms. The molecule has 1 aromatic carbocycles. The van der Waals surface area contributed by atoms with E-state index in [9.17, 15) is 14.4 Å². The molecule has 6 heteroatoms. The lowest BCUT2D eigenvalue weighted by molar-refractivity contribution is -0.147. The van der Waals surface area contributed by atoms with E-state index in [4.69, 9.17) is 5.11 Å². The third-order valence-electron chi connectivity index (χ3n) is 4.16. The maximum Gasteiger partial charge on any atom is 0.335 e. The molecule has 23 heavy (non-hydrogen) atoms. The second-order valence-electron chi connectivity index (χ2n) is 6.03. The summed E-state index contributed by atoms with van der Waals surface area (Å²) in [6.45, 7) is 4.26. The molecule has 0 bridgehead atoms. The molecular formula is C17H21NO5. The summed E-state index contributed by atoms with van der Waals surface area (Å²) in [6, 6.07) is 4.89. The summed E-state index contributed by atoms with van der Waals surface area (Å²) < 4.78 is 4.68. The molecule has 1 aromatic rings. The van der Waals surface area contributed by atoms with Crippen molar-refractivity contribution in [3.05, 3.63) is 34.9 Å². The van der Waals surface area contributed by atoms with Crippen LogP contribution in [0, 0.1) is 5.92 Å². The lowest BCUT2D eigenvalue weighted by Gasteiger charge is -2.28. The highest BCUT2D eigenvalue weighted by Gasteiger charge is 2.32. The van der Waals surface area contributed by atoms with Crippen LogP contribution in [0.1, 0.15) is 41.8 Å². The minimum Gasteiger partial charge on any atom is -0.478 e. The number of ether oxygens (including phenoxy) is 1. The van der Waals surface area contributed by atoms with Gasteiger partial charge in [0.05, 0.1) is 25.0 Å². The highest BCUT2D eigenvalue weighted by atomic mass is 16.5. The molecule has 0 saturated carbocycles. The number of amides is 1. The average molecular weight is 319 g/mol. The molecule has 0 radical (unpaired) electrons. The molecule has 1 heterocycles. The standard InChI is InChI=1S/C17H21NO5/c1-10(2)18-9-12-5-4-11(17(21)22)6-13(12)7-14(16(18)20)8-15(19)23-3/h4-6,10,14H,7-9H2,1-3H3,(H,21,22)/t14-/m1/s1. The maximum absolute atomic E-state index is 12.7. The highest BCUT2D eigenvalue weighted by Crippen LogP contribution is 2.27. The first-order chi connectivity index (χ1) is 10.8. The Hall–Kier alpha value is -2.37. The SMILES string of the molecule is COC(=O)C[C@H]1Cc2cc(C(=O)O)ccc2CN(C(C)C)C1=O. The zero-order valence-electron chi connectivity index (χ0n) is 13.5. The topological polar surface area (TPSA) is 83.9 Å². The smallest absolute Gasteiger partial charge is 0.335 e. The molecule has 1 N–H and O–H groups in total. The summed E-state index contributed by atoms with van der Waals surface area (Å²) in [5.74, 6) is -2.08. The van der Waals surface area contributed by atoms with Crippen LogP contribution in [0.5, 0.6) is 0 Å². The number of aromatic carboxylic acids is 1. The number of rotatable bonds is 4. The molecule has 0 fully saturated rings. The number of esters is 1. The average Bonchev–Trinajstić information content (AvgIpc) is 2.64. The number of hydrogen-bond acceptors (Lipinski definition) is 4. The van der Waals surface area contributed by atoms with Gasteiger partial charge < -0.3 is 14.7 Å². The van der Waals surface area contributed by atoms with Gasteiger partial charge in [-0.2, -0.15) is 0 Å². The van der Waals surface area contributed by atoms with Gasteiger partial charge >= 0.3 is 11.9 Å². The number of carbonyl (C=O) groups excluding carboxylic acids is 2. The van der Waals surface area contributed by atoms with E-state index in [1.54, 1.807) is 23.1 Å². The number of methoxy groups -OCH3 is 1. The minimum absolute atomic E-state index is 0.00467. The fraction of sp³-hybridized carbons (Fsp3) is 0.471. The number of hydrogen-bond donors (Lipinski definition) is 1. The van der Waals surface area contributed by atoms with E-state index in [2.05, 4.69) is 4.74 Å². The number of carboxylic acid groups (broad SMARTS) is 1. The van der Waals surface area contributed by atoms with Crippen LogP contribution in [0.4, 0.5) is 0 Å². The van der Waals surface area contributed by atoms with Crippen LogP contribution in [-0.4, -0.2) is 41.0 Å². The van der Waals surface area contributed by atoms with Crippen molar-refractivity contribution in [2.75, 3.05) is 7.11 Å². The summed E-state index contributed by atoms with van der Waals surface area (Å²) in [5, 5.41) is 9.15. The Labute approximate surface area is 135 Å². The van der Waals surface area contributed by atoms with E-state index in [-0.39, 0.29) is 23.9 Å². The van der Waals surface area contributed by atoms with Gasteiger partial charge in [-0.1, -0.05) is 6.07 Å². The summed E-state index contributed by atoms with van der Waals surface area (Å²) in [6.07, 6.45) is 0.336. The molecule has 2 rings (SSSR count). The quantitative estimate of drug-likeness (QED) is 0.856. The fourth-order valence-corrected chi connectivity index (χ4v) is 2.83. The second kappa shape index (κ2) is 6.81. The predicted molar refractivity (Wildman–Crippen MR) is 82.9 cm³/mol. The van der Waals surface area contributed by atoms with Gasteiger partial charge in [-0.15, -0.1) is 0 Å². The Balaban J connectivity index is 2.42. The molecule has 0 aliphatic carbocycles. The van der Waals surface area contributed by atoms with Crippen LogP contribution in [0.2, 0.25) is 0 Å². The number of carbonyl (C=O) groups is 3. The van der Waals surface area contributed by atoms with Crippen molar-refractivity contribution in [3.8, 4) is 0 Å². The molecule has 124 valence electrons. The van der Waals surface area contributed by atoms with Crippen molar-refractivity contribution in [2.45, 2.75) is 39.3 Å². The van der Waals surface area contributed by atoms with Crippen molar-refractivity contribution >= 4 is 17.8 Å². The highest BCUT2D eigenvalue weighted by molar-refractivity contribution is 5.88. The number of nitrogens with zero attached hydrogens (tertiary/aromatic N) is 1. The van der Waals surface area contributed by atoms with Crippen LogP contribution in [-0.2, 0) is 27.3 Å². The van der Waals surface area contributed by atoms with Gasteiger partial charge in [-0.05, 0) is 43.5 Å². The number of benzene rings is 1. The fourth-order valence-electron chi connectivity index (χ4n) is 2.83. The number of fused-ring (bicyclic) bond motifs is 1. The van der Waals surface area contributed by atoms with Gasteiger partial charge in [-0.25, -0.2) is 4.79 Å². The van der Waals surface area contributed by atoms with E-state index in [1.165, 1.54) is 7.11 Å². The largest absolute Gasteiger partial charge is 0.478 e. The maximum atomic E-state index is 12.7. The van der Waals surface area contributed by atoms with Gasteiger partial charge in [0.1, 0.15) is 0 Å². The normalized spacial score (nSPS) is 17.7. The summed E-state index contributed by atoms with van der Waals surface area (Å²) in [5.41, 5.74) is 1.91. The molecule has 6 nitrogen and oxygen atoms in total. The first-order valence-corrected chi connectivity index (χ1v) is 7.55. The summed E-state index contributed by atoms with van der Waals surface area (Å²) >= 11 is 0. The molecule has 1 aliphatic rings. The van der Waals surface area contributed by atoms with Crippen LogP contribution < -0.4 is 0 Å². The monoisotopic (exact) mass is 319 g/mol. The van der Waals surface area contributed by atoms with Crippen molar-refractivity contribution in [1.29, 1.82) is 0 Å². The Morgan fingerprint density at radius 2 is 2.04 bits per heavy atom. The molecule has 1 amide bonds. The van der Waals surface area contributed by atoms with E-state index in [0.29, 0.717) is 13.0 Å². The lowest BCUT2D eigenvalue weighted by atomic mass is 9.93. The molecule has 0 unspecified atom stereocenters. The van der Waals surface area contributed by atoms with Gasteiger partial charge in [-0.3, -0.25) is 9.59 Å². The van der Waals surface area contributed by atoms with E-state index in [0.717, 1.165) is 11.1 Å². The second-order valence-corrected chi connectivity index (χ2v) is 6.03.